The van der Waals surface area contributed by atoms with Gasteiger partial charge in [-0.3, -0.25) is 15.0 Å². The normalized spacial score (nSPS) is 17.9. The SMILES string of the molecule is CC(C)(C)C(CC(=O)N1NC(=O)CC1C(=O)O)NC(=O)OCC1c2ccccc2-c2ccccc21. The van der Waals surface area contributed by atoms with Gasteiger partial charge in [0.2, 0.25) is 11.8 Å². The minimum Gasteiger partial charge on any atom is -0.480 e. The number of ether oxygens (including phenoxy) is 1. The highest BCUT2D eigenvalue weighted by atomic mass is 16.5. The van der Waals surface area contributed by atoms with Crippen molar-refractivity contribution in [3.63, 3.8) is 0 Å². The molecule has 3 amide bonds. The van der Waals surface area contributed by atoms with Crippen molar-refractivity contribution in [1.82, 2.24) is 15.8 Å². The van der Waals surface area contributed by atoms with E-state index < -0.39 is 41.4 Å². The lowest BCUT2D eigenvalue weighted by Crippen LogP contribution is -2.51. The van der Waals surface area contributed by atoms with Crippen molar-refractivity contribution < 1.29 is 29.0 Å². The number of benzene rings is 2. The molecule has 2 aromatic carbocycles. The average molecular weight is 480 g/mol. The summed E-state index contributed by atoms with van der Waals surface area (Å²) in [6.07, 6.45) is -1.17. The van der Waals surface area contributed by atoms with Crippen LogP contribution in [0, 0.1) is 5.41 Å². The predicted molar refractivity (Wildman–Crippen MR) is 127 cm³/mol. The van der Waals surface area contributed by atoms with Gasteiger partial charge in [0, 0.05) is 18.4 Å². The highest BCUT2D eigenvalue weighted by Gasteiger charge is 2.41. The van der Waals surface area contributed by atoms with Crippen LogP contribution < -0.4 is 10.7 Å². The van der Waals surface area contributed by atoms with Gasteiger partial charge in [-0.15, -0.1) is 0 Å². The first kappa shape index (κ1) is 24.3. The molecule has 9 heteroatoms. The Morgan fingerprint density at radius 2 is 1.66 bits per heavy atom. The van der Waals surface area contributed by atoms with Crippen LogP contribution in [-0.2, 0) is 19.1 Å². The van der Waals surface area contributed by atoms with Gasteiger partial charge in [-0.25, -0.2) is 14.6 Å². The molecular formula is C26H29N3O6. The summed E-state index contributed by atoms with van der Waals surface area (Å²) in [6, 6.07) is 14.1. The number of carbonyl (C=O) groups excluding carboxylic acids is 3. The monoisotopic (exact) mass is 479 g/mol. The zero-order chi connectivity index (χ0) is 25.3. The fraction of sp³-hybridized carbons (Fsp3) is 0.385. The third kappa shape index (κ3) is 4.99. The van der Waals surface area contributed by atoms with Crippen molar-refractivity contribution in [2.45, 2.75) is 51.6 Å². The lowest BCUT2D eigenvalue weighted by Gasteiger charge is -2.32. The van der Waals surface area contributed by atoms with E-state index in [4.69, 9.17) is 4.74 Å². The van der Waals surface area contributed by atoms with E-state index in [0.717, 1.165) is 27.3 Å². The van der Waals surface area contributed by atoms with Crippen LogP contribution in [0.2, 0.25) is 0 Å². The van der Waals surface area contributed by atoms with Crippen LogP contribution >= 0.6 is 0 Å². The summed E-state index contributed by atoms with van der Waals surface area (Å²) < 4.78 is 5.61. The van der Waals surface area contributed by atoms with Crippen molar-refractivity contribution in [3.8, 4) is 11.1 Å². The molecule has 0 radical (unpaired) electrons. The van der Waals surface area contributed by atoms with E-state index in [9.17, 15) is 24.3 Å². The van der Waals surface area contributed by atoms with Crippen LogP contribution in [0.3, 0.4) is 0 Å². The zero-order valence-corrected chi connectivity index (χ0v) is 19.9. The molecule has 2 aliphatic rings. The second kappa shape index (κ2) is 9.40. The molecule has 0 bridgehead atoms. The van der Waals surface area contributed by atoms with Gasteiger partial charge in [-0.1, -0.05) is 69.3 Å². The molecule has 9 nitrogen and oxygen atoms in total. The average Bonchev–Trinajstić information content (AvgIpc) is 3.35. The Hall–Kier alpha value is -3.88. The fourth-order valence-corrected chi connectivity index (χ4v) is 4.59. The van der Waals surface area contributed by atoms with E-state index in [1.807, 2.05) is 57.2 Å². The molecule has 0 spiro atoms. The summed E-state index contributed by atoms with van der Waals surface area (Å²) in [5.74, 6) is -2.50. The van der Waals surface area contributed by atoms with Crippen LogP contribution in [0.25, 0.3) is 11.1 Å². The fourth-order valence-electron chi connectivity index (χ4n) is 4.59. The molecule has 1 saturated heterocycles. The number of carbonyl (C=O) groups is 4. The number of hydrazine groups is 1. The van der Waals surface area contributed by atoms with Crippen LogP contribution in [-0.4, -0.2) is 52.7 Å². The van der Waals surface area contributed by atoms with Gasteiger partial charge < -0.3 is 15.2 Å². The third-order valence-electron chi connectivity index (χ3n) is 6.55. The maximum atomic E-state index is 12.8. The summed E-state index contributed by atoms with van der Waals surface area (Å²) in [5.41, 5.74) is 6.18. The van der Waals surface area contributed by atoms with Crippen LogP contribution in [0.4, 0.5) is 4.79 Å². The molecule has 0 aromatic heterocycles. The summed E-state index contributed by atoms with van der Waals surface area (Å²) in [4.78, 5) is 48.7. The summed E-state index contributed by atoms with van der Waals surface area (Å²) >= 11 is 0. The summed E-state index contributed by atoms with van der Waals surface area (Å²) in [6.45, 7) is 5.69. The number of hydrogen-bond donors (Lipinski definition) is 3. The van der Waals surface area contributed by atoms with Crippen LogP contribution in [0.1, 0.15) is 50.7 Å². The van der Waals surface area contributed by atoms with Gasteiger partial charge in [0.15, 0.2) is 6.04 Å². The van der Waals surface area contributed by atoms with Gasteiger partial charge in [0.05, 0.1) is 6.42 Å². The quantitative estimate of drug-likeness (QED) is 0.585. The number of nitrogens with one attached hydrogen (secondary N) is 2. The summed E-state index contributed by atoms with van der Waals surface area (Å²) in [5, 5.41) is 12.9. The maximum Gasteiger partial charge on any atom is 0.407 e. The van der Waals surface area contributed by atoms with E-state index in [0.29, 0.717) is 0 Å². The molecule has 0 saturated carbocycles. The molecule has 3 N–H and O–H groups in total. The predicted octanol–water partition coefficient (Wildman–Crippen LogP) is 3.05. The molecule has 35 heavy (non-hydrogen) atoms. The first-order valence-electron chi connectivity index (χ1n) is 11.5. The Morgan fingerprint density at radius 3 is 2.20 bits per heavy atom. The number of carboxylic acid groups (broad SMARTS) is 1. The molecular weight excluding hydrogens is 450 g/mol. The second-order valence-electron chi connectivity index (χ2n) is 9.95. The lowest BCUT2D eigenvalue weighted by atomic mass is 9.84. The molecule has 2 aromatic rings. The number of rotatable bonds is 6. The zero-order valence-electron chi connectivity index (χ0n) is 19.9. The summed E-state index contributed by atoms with van der Waals surface area (Å²) in [7, 11) is 0. The standard InChI is InChI=1S/C26H29N3O6/c1-26(2,3)21(13-23(31)29-20(24(32)33)12-22(30)28-29)27-25(34)35-14-19-17-10-6-4-8-15(17)16-9-5-7-11-18(16)19/h4-11,19-21H,12-14H2,1-3H3,(H,27,34)(H,28,30)(H,32,33). The minimum atomic E-state index is -1.27. The molecule has 1 fully saturated rings. The van der Waals surface area contributed by atoms with Crippen LogP contribution in [0.15, 0.2) is 48.5 Å². The maximum absolute atomic E-state index is 12.8. The second-order valence-corrected chi connectivity index (χ2v) is 9.95. The molecule has 4 rings (SSSR count). The van der Waals surface area contributed by atoms with Gasteiger partial charge in [-0.2, -0.15) is 0 Å². The third-order valence-corrected chi connectivity index (χ3v) is 6.55. The highest BCUT2D eigenvalue weighted by molar-refractivity contribution is 5.94. The van der Waals surface area contributed by atoms with Crippen molar-refractivity contribution in [3.05, 3.63) is 59.7 Å². The number of nitrogens with zero attached hydrogens (tertiary/aromatic N) is 1. The number of fused-ring (bicyclic) bond motifs is 3. The molecule has 1 heterocycles. The van der Waals surface area contributed by atoms with Crippen molar-refractivity contribution in [2.24, 2.45) is 5.41 Å². The minimum absolute atomic E-state index is 0.0981. The number of hydrogen-bond acceptors (Lipinski definition) is 5. The van der Waals surface area contributed by atoms with E-state index in [2.05, 4.69) is 22.9 Å². The van der Waals surface area contributed by atoms with E-state index >= 15 is 0 Å². The highest BCUT2D eigenvalue weighted by Crippen LogP contribution is 2.44. The molecule has 1 aliphatic heterocycles. The van der Waals surface area contributed by atoms with E-state index in [1.165, 1.54) is 0 Å². The number of aliphatic carboxylic acids is 1. The Labute approximate surface area is 203 Å². The molecule has 184 valence electrons. The Kier molecular flexibility index (Phi) is 6.51. The smallest absolute Gasteiger partial charge is 0.407 e. The van der Waals surface area contributed by atoms with Crippen molar-refractivity contribution >= 4 is 23.9 Å². The van der Waals surface area contributed by atoms with Crippen molar-refractivity contribution in [1.29, 1.82) is 0 Å². The van der Waals surface area contributed by atoms with Crippen LogP contribution in [0.5, 0.6) is 0 Å². The first-order chi connectivity index (χ1) is 16.6. The molecule has 1 aliphatic carbocycles. The van der Waals surface area contributed by atoms with Gasteiger partial charge >= 0.3 is 12.1 Å². The first-order valence-corrected chi connectivity index (χ1v) is 11.5. The van der Waals surface area contributed by atoms with Crippen molar-refractivity contribution in [2.75, 3.05) is 6.61 Å². The van der Waals surface area contributed by atoms with E-state index in [-0.39, 0.29) is 25.4 Å². The number of alkyl carbamates (subject to hydrolysis) is 1. The largest absolute Gasteiger partial charge is 0.480 e. The Balaban J connectivity index is 1.42. The van der Waals surface area contributed by atoms with Gasteiger partial charge in [-0.05, 0) is 27.7 Å². The van der Waals surface area contributed by atoms with Gasteiger partial charge in [0.1, 0.15) is 6.61 Å². The topological polar surface area (TPSA) is 125 Å². The number of amides is 3. The lowest BCUT2D eigenvalue weighted by molar-refractivity contribution is -0.151. The van der Waals surface area contributed by atoms with E-state index in [1.54, 1.807) is 0 Å². The molecule has 2 atom stereocenters. The van der Waals surface area contributed by atoms with Gasteiger partial charge in [0.25, 0.3) is 0 Å². The Bertz CT molecular complexity index is 1130. The molecule has 2 unspecified atom stereocenters. The Morgan fingerprint density at radius 1 is 1.09 bits per heavy atom. The number of carboxylic acids is 1.